The lowest BCUT2D eigenvalue weighted by atomic mass is 9.94. The molecule has 0 saturated carbocycles. The van der Waals surface area contributed by atoms with Crippen molar-refractivity contribution in [3.8, 4) is 33.5 Å². The van der Waals surface area contributed by atoms with Crippen molar-refractivity contribution < 1.29 is 4.57 Å². The van der Waals surface area contributed by atoms with E-state index in [4.69, 9.17) is 4.98 Å². The largest absolute Gasteiger partial charge is 0.309 e. The van der Waals surface area contributed by atoms with Crippen LogP contribution in [0.3, 0.4) is 0 Å². The predicted octanol–water partition coefficient (Wildman–Crippen LogP) is 13.6. The summed E-state index contributed by atoms with van der Waals surface area (Å²) in [4.78, 5) is 5.45. The van der Waals surface area contributed by atoms with Crippen LogP contribution in [0.5, 0.6) is 0 Å². The molecule has 0 amide bonds. The van der Waals surface area contributed by atoms with Gasteiger partial charge in [-0.2, -0.15) is 0 Å². The van der Waals surface area contributed by atoms with Crippen molar-refractivity contribution >= 4 is 97.0 Å². The van der Waals surface area contributed by atoms with Crippen molar-refractivity contribution in [3.05, 3.63) is 194 Å². The summed E-state index contributed by atoms with van der Waals surface area (Å²) in [6.45, 7) is 0. The molecule has 11 rings (SSSR count). The van der Waals surface area contributed by atoms with E-state index in [1.165, 1.54) is 56.9 Å². The molecular formula is C51H32NOPS2. The summed E-state index contributed by atoms with van der Waals surface area (Å²) >= 11 is 3.67. The van der Waals surface area contributed by atoms with Crippen LogP contribution in [0, 0.1) is 0 Å². The molecule has 3 heterocycles. The highest BCUT2D eigenvalue weighted by Gasteiger charge is 2.30. The van der Waals surface area contributed by atoms with Crippen molar-refractivity contribution in [2.24, 2.45) is 0 Å². The number of hydrogen-bond acceptors (Lipinski definition) is 4. The van der Waals surface area contributed by atoms with Gasteiger partial charge in [0, 0.05) is 62.5 Å². The highest BCUT2D eigenvalue weighted by Crippen LogP contribution is 2.47. The Morgan fingerprint density at radius 3 is 1.73 bits per heavy atom. The van der Waals surface area contributed by atoms with Gasteiger partial charge in [-0.25, -0.2) is 4.98 Å². The maximum absolute atomic E-state index is 15.2. The Kier molecular flexibility index (Phi) is 7.86. The third kappa shape index (κ3) is 5.29. The minimum Gasteiger partial charge on any atom is -0.309 e. The molecule has 0 fully saturated rings. The zero-order valence-electron chi connectivity index (χ0n) is 30.1. The molecule has 0 atom stereocenters. The normalized spacial score (nSPS) is 12.0. The molecule has 0 aliphatic heterocycles. The molecule has 2 nitrogen and oxygen atoms in total. The monoisotopic (exact) mass is 769 g/mol. The second-order valence-corrected chi connectivity index (χ2v) is 19.1. The van der Waals surface area contributed by atoms with Crippen molar-refractivity contribution in [1.82, 2.24) is 4.98 Å². The summed E-state index contributed by atoms with van der Waals surface area (Å²) in [6, 6.07) is 67.6. The second kappa shape index (κ2) is 13.3. The predicted molar refractivity (Wildman–Crippen MR) is 243 cm³/mol. The SMILES string of the molecule is O=P(c1ccccc1)(c1ccccc1)c1cccc(-c2ccc(-c3nc4cccc(-c5ccc6sc7ccccc7c6c5)c4c4c3sc3ccccc34)cc2)c1. The van der Waals surface area contributed by atoms with Gasteiger partial charge in [-0.3, -0.25) is 0 Å². The molecule has 0 aliphatic carbocycles. The highest BCUT2D eigenvalue weighted by atomic mass is 32.1. The van der Waals surface area contributed by atoms with E-state index in [9.17, 15) is 0 Å². The molecule has 3 aromatic heterocycles. The quantitative estimate of drug-likeness (QED) is 0.158. The molecule has 0 unspecified atom stereocenters. The van der Waals surface area contributed by atoms with E-state index in [1.54, 1.807) is 0 Å². The van der Waals surface area contributed by atoms with Crippen LogP contribution in [0.4, 0.5) is 0 Å². The lowest BCUT2D eigenvalue weighted by molar-refractivity contribution is 0.592. The molecule has 264 valence electrons. The van der Waals surface area contributed by atoms with Crippen LogP contribution >= 0.6 is 29.8 Å². The van der Waals surface area contributed by atoms with Crippen molar-refractivity contribution in [2.45, 2.75) is 0 Å². The minimum atomic E-state index is -3.10. The summed E-state index contributed by atoms with van der Waals surface area (Å²) in [6.07, 6.45) is 0. The fourth-order valence-corrected chi connectivity index (χ4v) is 13.3. The van der Waals surface area contributed by atoms with Crippen LogP contribution in [0.25, 0.3) is 84.8 Å². The van der Waals surface area contributed by atoms with E-state index in [-0.39, 0.29) is 0 Å². The average molecular weight is 770 g/mol. The summed E-state index contributed by atoms with van der Waals surface area (Å²) in [5.74, 6) is 0. The topological polar surface area (TPSA) is 30.0 Å². The van der Waals surface area contributed by atoms with E-state index >= 15 is 4.57 Å². The van der Waals surface area contributed by atoms with Crippen molar-refractivity contribution in [2.75, 3.05) is 0 Å². The number of pyridine rings is 1. The Balaban J connectivity index is 1.05. The fourth-order valence-electron chi connectivity index (χ4n) is 8.28. The molecule has 0 spiro atoms. The van der Waals surface area contributed by atoms with Crippen molar-refractivity contribution in [1.29, 1.82) is 0 Å². The Bertz CT molecular complexity index is 3290. The molecule has 0 bridgehead atoms. The van der Waals surface area contributed by atoms with Gasteiger partial charge < -0.3 is 4.57 Å². The summed E-state index contributed by atoms with van der Waals surface area (Å²) in [5, 5.41) is 8.78. The molecule has 0 N–H and O–H groups in total. The highest BCUT2D eigenvalue weighted by molar-refractivity contribution is 7.85. The van der Waals surface area contributed by atoms with Crippen LogP contribution < -0.4 is 15.9 Å². The number of aromatic nitrogens is 1. The Morgan fingerprint density at radius 1 is 0.393 bits per heavy atom. The summed E-state index contributed by atoms with van der Waals surface area (Å²) in [5.41, 5.74) is 7.54. The molecule has 11 aromatic rings. The van der Waals surface area contributed by atoms with E-state index in [0.717, 1.165) is 43.8 Å². The molecule has 5 heteroatoms. The van der Waals surface area contributed by atoms with Gasteiger partial charge in [-0.15, -0.1) is 22.7 Å². The first-order valence-electron chi connectivity index (χ1n) is 18.7. The maximum Gasteiger partial charge on any atom is 0.171 e. The maximum atomic E-state index is 15.2. The molecule has 8 aromatic carbocycles. The lowest BCUT2D eigenvalue weighted by Gasteiger charge is -2.20. The number of fused-ring (bicyclic) bond motifs is 8. The first-order chi connectivity index (χ1) is 27.6. The van der Waals surface area contributed by atoms with Gasteiger partial charge in [-0.05, 0) is 58.7 Å². The van der Waals surface area contributed by atoms with E-state index in [2.05, 4.69) is 121 Å². The summed E-state index contributed by atoms with van der Waals surface area (Å²) in [7, 11) is -3.10. The van der Waals surface area contributed by atoms with Crippen LogP contribution in [-0.4, -0.2) is 4.98 Å². The number of benzene rings is 8. The molecule has 0 aliphatic rings. The lowest BCUT2D eigenvalue weighted by Crippen LogP contribution is -2.25. The molecule has 56 heavy (non-hydrogen) atoms. The van der Waals surface area contributed by atoms with Gasteiger partial charge in [0.15, 0.2) is 7.14 Å². The Hall–Kier alpha value is -6.16. The van der Waals surface area contributed by atoms with Gasteiger partial charge in [0.2, 0.25) is 0 Å². The number of nitrogens with zero attached hydrogens (tertiary/aromatic N) is 1. The van der Waals surface area contributed by atoms with E-state index in [0.29, 0.717) is 0 Å². The van der Waals surface area contributed by atoms with Gasteiger partial charge in [0.25, 0.3) is 0 Å². The smallest absolute Gasteiger partial charge is 0.171 e. The molecule has 0 radical (unpaired) electrons. The van der Waals surface area contributed by atoms with Crippen LogP contribution in [0.1, 0.15) is 0 Å². The third-order valence-corrected chi connectivity index (χ3v) is 16.3. The zero-order valence-corrected chi connectivity index (χ0v) is 32.6. The third-order valence-electron chi connectivity index (χ3n) is 11.0. The average Bonchev–Trinajstić information content (AvgIpc) is 3.85. The van der Waals surface area contributed by atoms with Crippen LogP contribution in [-0.2, 0) is 4.57 Å². The fraction of sp³-hybridized carbons (Fsp3) is 0. The van der Waals surface area contributed by atoms with Gasteiger partial charge in [-0.1, -0.05) is 158 Å². The standard InChI is InChI=1S/C51H32NOPS2/c53-54(37-14-3-1-4-15-37,38-16-5-2-6-17-38)39-18-11-13-35(31-39)33-25-27-34(28-26-33)50-51-49(42-20-8-10-24-46(42)56-51)48-40(21-12-22-44(48)52-50)36-29-30-47-43(32-36)41-19-7-9-23-45(41)55-47/h1-32H. The first kappa shape index (κ1) is 33.2. The van der Waals surface area contributed by atoms with Gasteiger partial charge in [0.05, 0.1) is 15.9 Å². The number of hydrogen-bond donors (Lipinski definition) is 0. The van der Waals surface area contributed by atoms with Crippen LogP contribution in [0.2, 0.25) is 0 Å². The number of thiophene rings is 2. The van der Waals surface area contributed by atoms with Gasteiger partial charge in [0.1, 0.15) is 0 Å². The van der Waals surface area contributed by atoms with E-state index in [1.807, 2.05) is 95.5 Å². The zero-order chi connectivity index (χ0) is 37.2. The molecule has 0 saturated heterocycles. The van der Waals surface area contributed by atoms with Gasteiger partial charge >= 0.3 is 0 Å². The summed E-state index contributed by atoms with van der Waals surface area (Å²) < 4.78 is 20.2. The Labute approximate surface area is 332 Å². The second-order valence-electron chi connectivity index (χ2n) is 14.2. The first-order valence-corrected chi connectivity index (χ1v) is 22.1. The minimum absolute atomic E-state index is 0.821. The molecular weight excluding hydrogens is 738 g/mol. The van der Waals surface area contributed by atoms with E-state index < -0.39 is 7.14 Å². The van der Waals surface area contributed by atoms with Crippen molar-refractivity contribution in [3.63, 3.8) is 0 Å². The van der Waals surface area contributed by atoms with Crippen LogP contribution in [0.15, 0.2) is 194 Å². The number of rotatable bonds is 6. The Morgan fingerprint density at radius 2 is 0.982 bits per heavy atom.